The van der Waals surface area contributed by atoms with Gasteiger partial charge in [-0.15, -0.1) is 0 Å². The topological polar surface area (TPSA) is 39.7 Å². The van der Waals surface area contributed by atoms with Crippen LogP contribution in [0.1, 0.15) is 24.8 Å². The van der Waals surface area contributed by atoms with Gasteiger partial charge in [-0.25, -0.2) is 0 Å². The summed E-state index contributed by atoms with van der Waals surface area (Å²) in [5.74, 6) is 0. The maximum atomic E-state index is 5.97. The SMILES string of the molecule is COCc1cccc(NC2CCOC3(CCOC3)C2)c1. The summed E-state index contributed by atoms with van der Waals surface area (Å²) in [5, 5.41) is 3.64. The van der Waals surface area contributed by atoms with E-state index in [1.165, 1.54) is 11.3 Å². The van der Waals surface area contributed by atoms with Crippen molar-refractivity contribution in [1.29, 1.82) is 0 Å². The molecule has 2 aliphatic heterocycles. The standard InChI is InChI=1S/C16H23NO3/c1-18-11-13-3-2-4-14(9-13)17-15-5-7-20-16(10-15)6-8-19-12-16/h2-4,9,15,17H,5-8,10-12H2,1H3. The van der Waals surface area contributed by atoms with E-state index in [0.717, 1.165) is 39.1 Å². The van der Waals surface area contributed by atoms with Gasteiger partial charge in [0.15, 0.2) is 0 Å². The fourth-order valence-corrected chi connectivity index (χ4v) is 3.17. The van der Waals surface area contributed by atoms with Crippen LogP contribution in [0.3, 0.4) is 0 Å². The Labute approximate surface area is 120 Å². The van der Waals surface area contributed by atoms with Gasteiger partial charge in [-0.2, -0.15) is 0 Å². The highest BCUT2D eigenvalue weighted by Gasteiger charge is 2.40. The predicted molar refractivity (Wildman–Crippen MR) is 77.9 cm³/mol. The Morgan fingerprint density at radius 2 is 2.35 bits per heavy atom. The van der Waals surface area contributed by atoms with Gasteiger partial charge in [0, 0.05) is 38.5 Å². The van der Waals surface area contributed by atoms with Crippen LogP contribution in [0, 0.1) is 0 Å². The smallest absolute Gasteiger partial charge is 0.0956 e. The molecule has 0 aromatic heterocycles. The number of hydrogen-bond acceptors (Lipinski definition) is 4. The molecule has 2 heterocycles. The molecular weight excluding hydrogens is 254 g/mol. The first kappa shape index (κ1) is 13.9. The van der Waals surface area contributed by atoms with Gasteiger partial charge in [-0.1, -0.05) is 12.1 Å². The molecule has 2 aliphatic rings. The summed E-state index contributed by atoms with van der Waals surface area (Å²) >= 11 is 0. The van der Waals surface area contributed by atoms with Crippen LogP contribution in [0.5, 0.6) is 0 Å². The third-order valence-corrected chi connectivity index (χ3v) is 4.17. The first-order valence-electron chi connectivity index (χ1n) is 7.36. The van der Waals surface area contributed by atoms with Gasteiger partial charge in [-0.05, 0) is 30.5 Å². The van der Waals surface area contributed by atoms with E-state index in [1.807, 2.05) is 0 Å². The predicted octanol–water partition coefficient (Wildman–Crippen LogP) is 2.58. The van der Waals surface area contributed by atoms with E-state index in [1.54, 1.807) is 7.11 Å². The summed E-state index contributed by atoms with van der Waals surface area (Å²) in [4.78, 5) is 0. The highest BCUT2D eigenvalue weighted by molar-refractivity contribution is 5.46. The fraction of sp³-hybridized carbons (Fsp3) is 0.625. The van der Waals surface area contributed by atoms with Crippen LogP contribution in [-0.2, 0) is 20.8 Å². The summed E-state index contributed by atoms with van der Waals surface area (Å²) in [6.45, 7) is 3.05. The maximum absolute atomic E-state index is 5.97. The second kappa shape index (κ2) is 6.12. The highest BCUT2D eigenvalue weighted by atomic mass is 16.6. The molecule has 0 amide bonds. The molecule has 0 aliphatic carbocycles. The van der Waals surface area contributed by atoms with Crippen molar-refractivity contribution in [2.45, 2.75) is 37.5 Å². The van der Waals surface area contributed by atoms with Crippen molar-refractivity contribution in [1.82, 2.24) is 0 Å². The van der Waals surface area contributed by atoms with Crippen molar-refractivity contribution in [3.8, 4) is 0 Å². The van der Waals surface area contributed by atoms with Crippen LogP contribution in [-0.4, -0.2) is 38.6 Å². The zero-order valence-corrected chi connectivity index (χ0v) is 12.1. The van der Waals surface area contributed by atoms with E-state index in [9.17, 15) is 0 Å². The van der Waals surface area contributed by atoms with Crippen molar-refractivity contribution in [3.63, 3.8) is 0 Å². The summed E-state index contributed by atoms with van der Waals surface area (Å²) in [6, 6.07) is 8.90. The second-order valence-corrected chi connectivity index (χ2v) is 5.80. The molecule has 2 unspecified atom stereocenters. The molecule has 2 fully saturated rings. The number of methoxy groups -OCH3 is 1. The molecule has 2 atom stereocenters. The van der Waals surface area contributed by atoms with E-state index >= 15 is 0 Å². The average Bonchev–Trinajstić information content (AvgIpc) is 2.87. The number of nitrogens with one attached hydrogen (secondary N) is 1. The van der Waals surface area contributed by atoms with Crippen molar-refractivity contribution in [2.24, 2.45) is 0 Å². The van der Waals surface area contributed by atoms with E-state index in [2.05, 4.69) is 29.6 Å². The number of benzene rings is 1. The van der Waals surface area contributed by atoms with Gasteiger partial charge in [-0.3, -0.25) is 0 Å². The largest absolute Gasteiger partial charge is 0.382 e. The van der Waals surface area contributed by atoms with E-state index < -0.39 is 0 Å². The lowest BCUT2D eigenvalue weighted by Gasteiger charge is -2.37. The molecule has 1 N–H and O–H groups in total. The summed E-state index contributed by atoms with van der Waals surface area (Å²) < 4.78 is 16.7. The van der Waals surface area contributed by atoms with Gasteiger partial charge in [0.05, 0.1) is 18.8 Å². The van der Waals surface area contributed by atoms with Crippen molar-refractivity contribution in [3.05, 3.63) is 29.8 Å². The van der Waals surface area contributed by atoms with Crippen LogP contribution in [0.15, 0.2) is 24.3 Å². The summed E-state index contributed by atoms with van der Waals surface area (Å²) in [5.41, 5.74) is 2.32. The minimum atomic E-state index is -0.0416. The highest BCUT2D eigenvalue weighted by Crippen LogP contribution is 2.34. The normalized spacial score (nSPS) is 29.8. The molecule has 1 aromatic rings. The lowest BCUT2D eigenvalue weighted by molar-refractivity contribution is -0.0828. The lowest BCUT2D eigenvalue weighted by atomic mass is 9.89. The van der Waals surface area contributed by atoms with Gasteiger partial charge in [0.25, 0.3) is 0 Å². The molecule has 0 bridgehead atoms. The molecule has 4 heteroatoms. The first-order valence-corrected chi connectivity index (χ1v) is 7.36. The van der Waals surface area contributed by atoms with Crippen LogP contribution in [0.4, 0.5) is 5.69 Å². The Hall–Kier alpha value is -1.10. The van der Waals surface area contributed by atoms with Crippen molar-refractivity contribution < 1.29 is 14.2 Å². The van der Waals surface area contributed by atoms with Crippen LogP contribution < -0.4 is 5.32 Å². The third kappa shape index (κ3) is 3.14. The minimum Gasteiger partial charge on any atom is -0.382 e. The Bertz CT molecular complexity index is 443. The monoisotopic (exact) mass is 277 g/mol. The van der Waals surface area contributed by atoms with Gasteiger partial charge < -0.3 is 19.5 Å². The molecule has 4 nitrogen and oxygen atoms in total. The minimum absolute atomic E-state index is 0.0416. The van der Waals surface area contributed by atoms with Gasteiger partial charge in [0.2, 0.25) is 0 Å². The van der Waals surface area contributed by atoms with Crippen molar-refractivity contribution in [2.75, 3.05) is 32.2 Å². The Balaban J connectivity index is 1.63. The molecule has 3 rings (SSSR count). The maximum Gasteiger partial charge on any atom is 0.0956 e. The molecule has 110 valence electrons. The van der Waals surface area contributed by atoms with E-state index in [0.29, 0.717) is 12.6 Å². The molecule has 20 heavy (non-hydrogen) atoms. The quantitative estimate of drug-likeness (QED) is 0.918. The van der Waals surface area contributed by atoms with E-state index in [-0.39, 0.29) is 5.60 Å². The average molecular weight is 277 g/mol. The van der Waals surface area contributed by atoms with Gasteiger partial charge in [0.1, 0.15) is 0 Å². The Morgan fingerprint density at radius 1 is 1.40 bits per heavy atom. The first-order chi connectivity index (χ1) is 9.80. The third-order valence-electron chi connectivity index (χ3n) is 4.17. The lowest BCUT2D eigenvalue weighted by Crippen LogP contribution is -2.44. The van der Waals surface area contributed by atoms with Crippen LogP contribution in [0.2, 0.25) is 0 Å². The van der Waals surface area contributed by atoms with Crippen LogP contribution in [0.25, 0.3) is 0 Å². The molecule has 2 saturated heterocycles. The number of ether oxygens (including phenoxy) is 3. The fourth-order valence-electron chi connectivity index (χ4n) is 3.17. The molecule has 1 spiro atoms. The molecule has 0 radical (unpaired) electrons. The zero-order chi connectivity index (χ0) is 13.8. The second-order valence-electron chi connectivity index (χ2n) is 5.80. The van der Waals surface area contributed by atoms with Gasteiger partial charge >= 0.3 is 0 Å². The number of anilines is 1. The number of hydrogen-bond donors (Lipinski definition) is 1. The van der Waals surface area contributed by atoms with E-state index in [4.69, 9.17) is 14.2 Å². The Kier molecular flexibility index (Phi) is 4.24. The zero-order valence-electron chi connectivity index (χ0n) is 12.1. The summed E-state index contributed by atoms with van der Waals surface area (Å²) in [6.07, 6.45) is 3.10. The molecular formula is C16H23NO3. The number of rotatable bonds is 4. The molecule has 0 saturated carbocycles. The van der Waals surface area contributed by atoms with Crippen LogP contribution >= 0.6 is 0 Å². The summed E-state index contributed by atoms with van der Waals surface area (Å²) in [7, 11) is 1.72. The molecule has 1 aromatic carbocycles. The Morgan fingerprint density at radius 3 is 3.15 bits per heavy atom. The van der Waals surface area contributed by atoms with Crippen molar-refractivity contribution >= 4 is 5.69 Å².